The fraction of sp³-hybridized carbons (Fsp3) is 0.571. The van der Waals surface area contributed by atoms with E-state index in [0.717, 1.165) is 24.3 Å². The predicted molar refractivity (Wildman–Crippen MR) is 71.5 cm³/mol. The van der Waals surface area contributed by atoms with Crippen molar-refractivity contribution in [3.63, 3.8) is 0 Å². The van der Waals surface area contributed by atoms with Gasteiger partial charge in [0, 0.05) is 25.4 Å². The maximum absolute atomic E-state index is 9.16. The molecule has 96 valence electrons. The Balaban J connectivity index is 2.90. The van der Waals surface area contributed by atoms with Crippen LogP contribution in [0.2, 0.25) is 0 Å². The molecule has 1 N–H and O–H groups in total. The number of methoxy groups -OCH3 is 1. The molecule has 0 saturated heterocycles. The Morgan fingerprint density at radius 1 is 1.35 bits per heavy atom. The summed E-state index contributed by atoms with van der Waals surface area (Å²) in [6.07, 6.45) is 0. The number of benzene rings is 1. The van der Waals surface area contributed by atoms with E-state index < -0.39 is 0 Å². The molecule has 0 saturated carbocycles. The maximum atomic E-state index is 9.16. The van der Waals surface area contributed by atoms with Crippen LogP contribution in [0.25, 0.3) is 0 Å². The monoisotopic (exact) mass is 237 g/mol. The van der Waals surface area contributed by atoms with E-state index in [2.05, 4.69) is 30.9 Å². The molecule has 0 aliphatic carbocycles. The molecule has 0 aliphatic rings. The molecule has 3 nitrogen and oxygen atoms in total. The van der Waals surface area contributed by atoms with Crippen LogP contribution in [0.5, 0.6) is 0 Å². The highest BCUT2D eigenvalue weighted by Gasteiger charge is 2.11. The van der Waals surface area contributed by atoms with Crippen LogP contribution in [0.4, 0.5) is 5.69 Å². The van der Waals surface area contributed by atoms with Crippen molar-refractivity contribution >= 4 is 5.69 Å². The molecule has 0 bridgehead atoms. The highest BCUT2D eigenvalue weighted by atomic mass is 16.5. The first-order valence-corrected chi connectivity index (χ1v) is 6.06. The van der Waals surface area contributed by atoms with Gasteiger partial charge in [0.1, 0.15) is 0 Å². The van der Waals surface area contributed by atoms with Crippen molar-refractivity contribution in [3.05, 3.63) is 29.3 Å². The molecule has 1 aromatic rings. The number of aryl methyl sites for hydroxylation is 1. The molecule has 0 unspecified atom stereocenters. The topological polar surface area (TPSA) is 32.7 Å². The van der Waals surface area contributed by atoms with Crippen molar-refractivity contribution in [2.75, 3.05) is 25.2 Å². The lowest BCUT2D eigenvalue weighted by molar-refractivity contribution is 0.204. The first kappa shape index (κ1) is 14.0. The molecular weight excluding hydrogens is 214 g/mol. The van der Waals surface area contributed by atoms with Crippen LogP contribution in [0.3, 0.4) is 0 Å². The average molecular weight is 237 g/mol. The average Bonchev–Trinajstić information content (AvgIpc) is 2.29. The summed E-state index contributed by atoms with van der Waals surface area (Å²) in [6.45, 7) is 8.08. The molecular formula is C14H23NO2. The minimum Gasteiger partial charge on any atom is -0.392 e. The minimum atomic E-state index is 0.103. The van der Waals surface area contributed by atoms with E-state index in [1.807, 2.05) is 13.0 Å². The van der Waals surface area contributed by atoms with Gasteiger partial charge in [-0.15, -0.1) is 0 Å². The van der Waals surface area contributed by atoms with Crippen molar-refractivity contribution in [1.29, 1.82) is 0 Å². The zero-order valence-corrected chi connectivity index (χ0v) is 11.2. The van der Waals surface area contributed by atoms with E-state index in [9.17, 15) is 0 Å². The van der Waals surface area contributed by atoms with Gasteiger partial charge in [0.25, 0.3) is 0 Å². The van der Waals surface area contributed by atoms with E-state index in [-0.39, 0.29) is 6.61 Å². The quantitative estimate of drug-likeness (QED) is 0.824. The van der Waals surface area contributed by atoms with Gasteiger partial charge >= 0.3 is 0 Å². The molecule has 3 heteroatoms. The number of anilines is 1. The van der Waals surface area contributed by atoms with Crippen LogP contribution in [0.15, 0.2) is 18.2 Å². The van der Waals surface area contributed by atoms with E-state index in [0.29, 0.717) is 6.04 Å². The first-order chi connectivity index (χ1) is 8.10. The zero-order chi connectivity index (χ0) is 12.8. The van der Waals surface area contributed by atoms with Gasteiger partial charge in [0.05, 0.1) is 13.2 Å². The van der Waals surface area contributed by atoms with Crippen LogP contribution < -0.4 is 4.90 Å². The van der Waals surface area contributed by atoms with Crippen molar-refractivity contribution in [1.82, 2.24) is 0 Å². The van der Waals surface area contributed by atoms with Gasteiger partial charge in [-0.2, -0.15) is 0 Å². The SMILES string of the molecule is COCCN(c1ccc(CO)c(C)c1)C(C)C. The number of aliphatic hydroxyl groups is 1. The Labute approximate surface area is 104 Å². The van der Waals surface area contributed by atoms with E-state index in [1.165, 1.54) is 5.69 Å². The van der Waals surface area contributed by atoms with E-state index in [4.69, 9.17) is 9.84 Å². The zero-order valence-electron chi connectivity index (χ0n) is 11.2. The highest BCUT2D eigenvalue weighted by Crippen LogP contribution is 2.21. The molecule has 0 atom stereocenters. The van der Waals surface area contributed by atoms with Crippen LogP contribution in [0.1, 0.15) is 25.0 Å². The van der Waals surface area contributed by atoms with Crippen LogP contribution in [-0.2, 0) is 11.3 Å². The lowest BCUT2D eigenvalue weighted by atomic mass is 10.1. The van der Waals surface area contributed by atoms with Gasteiger partial charge in [0.15, 0.2) is 0 Å². The Morgan fingerprint density at radius 2 is 2.06 bits per heavy atom. The summed E-state index contributed by atoms with van der Waals surface area (Å²) < 4.78 is 5.14. The largest absolute Gasteiger partial charge is 0.392 e. The molecule has 0 aliphatic heterocycles. The van der Waals surface area contributed by atoms with Crippen molar-refractivity contribution in [2.24, 2.45) is 0 Å². The lowest BCUT2D eigenvalue weighted by Crippen LogP contribution is -2.33. The molecule has 0 aromatic heterocycles. The molecule has 1 rings (SSSR count). The molecule has 17 heavy (non-hydrogen) atoms. The molecule has 0 fully saturated rings. The van der Waals surface area contributed by atoms with Gasteiger partial charge < -0.3 is 14.7 Å². The number of nitrogens with zero attached hydrogens (tertiary/aromatic N) is 1. The third-order valence-electron chi connectivity index (χ3n) is 2.99. The smallest absolute Gasteiger partial charge is 0.0684 e. The third kappa shape index (κ3) is 3.72. The van der Waals surface area contributed by atoms with Crippen LogP contribution in [0, 0.1) is 6.92 Å². The second-order valence-electron chi connectivity index (χ2n) is 4.55. The third-order valence-corrected chi connectivity index (χ3v) is 2.99. The number of hydrogen-bond donors (Lipinski definition) is 1. The summed E-state index contributed by atoms with van der Waals surface area (Å²) in [5, 5.41) is 9.16. The molecule has 0 radical (unpaired) electrons. The van der Waals surface area contributed by atoms with Crippen molar-refractivity contribution in [2.45, 2.75) is 33.4 Å². The Morgan fingerprint density at radius 3 is 2.53 bits per heavy atom. The van der Waals surface area contributed by atoms with E-state index >= 15 is 0 Å². The van der Waals surface area contributed by atoms with Gasteiger partial charge in [-0.05, 0) is 44.0 Å². The summed E-state index contributed by atoms with van der Waals surface area (Å²) >= 11 is 0. The Bertz CT molecular complexity index is 350. The molecule has 1 aromatic carbocycles. The molecule has 0 amide bonds. The minimum absolute atomic E-state index is 0.103. The van der Waals surface area contributed by atoms with Gasteiger partial charge in [-0.25, -0.2) is 0 Å². The number of rotatable bonds is 6. The second-order valence-corrected chi connectivity index (χ2v) is 4.55. The van der Waals surface area contributed by atoms with Gasteiger partial charge in [0.2, 0.25) is 0 Å². The Hall–Kier alpha value is -1.06. The fourth-order valence-electron chi connectivity index (χ4n) is 1.91. The normalized spacial score (nSPS) is 10.9. The molecule has 0 heterocycles. The fourth-order valence-corrected chi connectivity index (χ4v) is 1.91. The summed E-state index contributed by atoms with van der Waals surface area (Å²) in [5.74, 6) is 0. The summed E-state index contributed by atoms with van der Waals surface area (Å²) in [4.78, 5) is 2.30. The summed E-state index contributed by atoms with van der Waals surface area (Å²) in [6, 6.07) is 6.62. The number of hydrogen-bond acceptors (Lipinski definition) is 3. The Kier molecular flexibility index (Phi) is 5.45. The highest BCUT2D eigenvalue weighted by molar-refractivity contribution is 5.51. The van der Waals surface area contributed by atoms with Crippen molar-refractivity contribution < 1.29 is 9.84 Å². The van der Waals surface area contributed by atoms with Gasteiger partial charge in [-0.3, -0.25) is 0 Å². The predicted octanol–water partition coefficient (Wildman–Crippen LogP) is 2.35. The van der Waals surface area contributed by atoms with E-state index in [1.54, 1.807) is 7.11 Å². The molecule has 0 spiro atoms. The standard InChI is InChI=1S/C14H23NO2/c1-11(2)15(7-8-17-4)14-6-5-13(10-16)12(3)9-14/h5-6,9,11,16H,7-8,10H2,1-4H3. The maximum Gasteiger partial charge on any atom is 0.0684 e. The lowest BCUT2D eigenvalue weighted by Gasteiger charge is -2.29. The summed E-state index contributed by atoms with van der Waals surface area (Å²) in [5.41, 5.74) is 3.31. The second kappa shape index (κ2) is 6.62. The van der Waals surface area contributed by atoms with Crippen molar-refractivity contribution in [3.8, 4) is 0 Å². The summed E-state index contributed by atoms with van der Waals surface area (Å²) in [7, 11) is 1.72. The number of aliphatic hydroxyl groups excluding tert-OH is 1. The van der Waals surface area contributed by atoms with Gasteiger partial charge in [-0.1, -0.05) is 6.07 Å². The van der Waals surface area contributed by atoms with Crippen LogP contribution in [-0.4, -0.2) is 31.4 Å². The van der Waals surface area contributed by atoms with Crippen LogP contribution >= 0.6 is 0 Å². The number of ether oxygens (including phenoxy) is 1. The first-order valence-electron chi connectivity index (χ1n) is 6.06.